The van der Waals surface area contributed by atoms with Gasteiger partial charge in [0.2, 0.25) is 0 Å². The Bertz CT molecular complexity index is 888. The van der Waals surface area contributed by atoms with Gasteiger partial charge in [-0.1, -0.05) is 12.1 Å². The van der Waals surface area contributed by atoms with E-state index in [4.69, 9.17) is 0 Å². The third-order valence-corrected chi connectivity index (χ3v) is 4.88. The molecule has 27 heavy (non-hydrogen) atoms. The van der Waals surface area contributed by atoms with Gasteiger partial charge in [0.05, 0.1) is 5.69 Å². The highest BCUT2D eigenvalue weighted by atomic mass is 16.1. The van der Waals surface area contributed by atoms with Crippen LogP contribution >= 0.6 is 0 Å². The molecule has 0 fully saturated rings. The highest BCUT2D eigenvalue weighted by Gasteiger charge is 2.14. The highest BCUT2D eigenvalue weighted by molar-refractivity contribution is 5.96. The number of aromatic nitrogens is 2. The average Bonchev–Trinajstić information content (AvgIpc) is 3.13. The number of hydrogen-bond donors (Lipinski definition) is 2. The van der Waals surface area contributed by atoms with Crippen molar-refractivity contribution in [2.45, 2.75) is 39.8 Å². The predicted molar refractivity (Wildman–Crippen MR) is 111 cm³/mol. The number of nitrogens with zero attached hydrogens (tertiary/aromatic N) is 2. The van der Waals surface area contributed by atoms with E-state index in [0.29, 0.717) is 24.2 Å². The summed E-state index contributed by atoms with van der Waals surface area (Å²) in [6.07, 6.45) is 3.71. The molecule has 3 aromatic rings. The van der Waals surface area contributed by atoms with Crippen LogP contribution in [0, 0.1) is 0 Å². The summed E-state index contributed by atoms with van der Waals surface area (Å²) in [5.41, 5.74) is 3.65. The molecule has 0 saturated carbocycles. The van der Waals surface area contributed by atoms with Gasteiger partial charge in [0, 0.05) is 59.6 Å². The fourth-order valence-electron chi connectivity index (χ4n) is 3.51. The number of hydrogen-bond acceptors (Lipinski definition) is 3. The Kier molecular flexibility index (Phi) is 5.91. The average molecular weight is 364 g/mol. The number of pyridine rings is 1. The number of amides is 1. The molecule has 3 rings (SSSR count). The van der Waals surface area contributed by atoms with Gasteiger partial charge in [0.15, 0.2) is 0 Å². The lowest BCUT2D eigenvalue weighted by Crippen LogP contribution is -2.42. The quantitative estimate of drug-likeness (QED) is 0.664. The molecule has 5 heteroatoms. The Labute approximate surface area is 160 Å². The van der Waals surface area contributed by atoms with Crippen LogP contribution in [-0.2, 0) is 0 Å². The van der Waals surface area contributed by atoms with Crippen molar-refractivity contribution in [1.29, 1.82) is 0 Å². The smallest absolute Gasteiger partial charge is 0.251 e. The molecule has 0 atom stereocenters. The molecule has 0 aliphatic rings. The van der Waals surface area contributed by atoms with Gasteiger partial charge in [0.1, 0.15) is 0 Å². The lowest BCUT2D eigenvalue weighted by molar-refractivity contribution is 0.0939. The van der Waals surface area contributed by atoms with Crippen LogP contribution < -0.4 is 5.32 Å². The minimum Gasteiger partial charge on any atom is -0.361 e. The van der Waals surface area contributed by atoms with Gasteiger partial charge in [-0.25, -0.2) is 0 Å². The molecular weight excluding hydrogens is 336 g/mol. The molecule has 1 aromatic carbocycles. The van der Waals surface area contributed by atoms with E-state index >= 15 is 0 Å². The molecule has 0 aliphatic carbocycles. The molecule has 0 radical (unpaired) electrons. The largest absolute Gasteiger partial charge is 0.361 e. The van der Waals surface area contributed by atoms with E-state index in [0.717, 1.165) is 28.7 Å². The molecule has 0 saturated heterocycles. The predicted octanol–water partition coefficient (Wildman–Crippen LogP) is 4.08. The van der Waals surface area contributed by atoms with Crippen LogP contribution in [-0.4, -0.2) is 45.9 Å². The van der Waals surface area contributed by atoms with Gasteiger partial charge in [-0.15, -0.1) is 0 Å². The first-order chi connectivity index (χ1) is 13.0. The van der Waals surface area contributed by atoms with Crippen molar-refractivity contribution in [3.05, 3.63) is 54.4 Å². The third-order valence-electron chi connectivity index (χ3n) is 4.88. The summed E-state index contributed by atoms with van der Waals surface area (Å²) in [6, 6.07) is 12.5. The van der Waals surface area contributed by atoms with Crippen molar-refractivity contribution in [3.63, 3.8) is 0 Å². The van der Waals surface area contributed by atoms with Crippen molar-refractivity contribution >= 4 is 16.8 Å². The van der Waals surface area contributed by atoms with Crippen molar-refractivity contribution in [1.82, 2.24) is 20.2 Å². The Morgan fingerprint density at radius 2 is 1.78 bits per heavy atom. The van der Waals surface area contributed by atoms with Crippen LogP contribution in [0.25, 0.3) is 22.2 Å². The molecule has 2 N–H and O–H groups in total. The third kappa shape index (κ3) is 4.37. The zero-order valence-electron chi connectivity index (χ0n) is 16.5. The SMILES string of the molecule is CC(C)N(CCNC(=O)c1ccc(-c2nccc3[nH]ccc23)cc1)C(C)C. The summed E-state index contributed by atoms with van der Waals surface area (Å²) in [4.78, 5) is 22.5. The first kappa shape index (κ1) is 19.1. The second-order valence-corrected chi connectivity index (χ2v) is 7.36. The normalized spacial score (nSPS) is 11.7. The van der Waals surface area contributed by atoms with Crippen LogP contribution in [0.1, 0.15) is 38.1 Å². The van der Waals surface area contributed by atoms with Crippen LogP contribution in [0.5, 0.6) is 0 Å². The summed E-state index contributed by atoms with van der Waals surface area (Å²) < 4.78 is 0. The summed E-state index contributed by atoms with van der Waals surface area (Å²) in [5.74, 6) is -0.0400. The lowest BCUT2D eigenvalue weighted by Gasteiger charge is -2.30. The number of fused-ring (bicyclic) bond motifs is 1. The number of H-pyrrole nitrogens is 1. The Morgan fingerprint density at radius 3 is 2.44 bits per heavy atom. The van der Waals surface area contributed by atoms with Crippen molar-refractivity contribution in [2.75, 3.05) is 13.1 Å². The molecule has 142 valence electrons. The maximum atomic E-state index is 12.4. The van der Waals surface area contributed by atoms with Crippen LogP contribution in [0.2, 0.25) is 0 Å². The molecule has 5 nitrogen and oxygen atoms in total. The maximum Gasteiger partial charge on any atom is 0.251 e. The molecule has 2 aromatic heterocycles. The van der Waals surface area contributed by atoms with Gasteiger partial charge < -0.3 is 10.3 Å². The highest BCUT2D eigenvalue weighted by Crippen LogP contribution is 2.25. The molecular formula is C22H28N4O. The molecule has 0 bridgehead atoms. The molecule has 0 unspecified atom stereocenters. The Morgan fingerprint density at radius 1 is 1.07 bits per heavy atom. The van der Waals surface area contributed by atoms with Crippen LogP contribution in [0.4, 0.5) is 0 Å². The van der Waals surface area contributed by atoms with Crippen LogP contribution in [0.15, 0.2) is 48.8 Å². The minimum absolute atomic E-state index is 0.0400. The Hall–Kier alpha value is -2.66. The van der Waals surface area contributed by atoms with E-state index in [1.807, 2.05) is 42.6 Å². The summed E-state index contributed by atoms with van der Waals surface area (Å²) in [6.45, 7) is 10.2. The molecule has 0 spiro atoms. The minimum atomic E-state index is -0.0400. The van der Waals surface area contributed by atoms with Crippen molar-refractivity contribution in [2.24, 2.45) is 0 Å². The summed E-state index contributed by atoms with van der Waals surface area (Å²) in [5, 5.41) is 4.10. The fourth-order valence-corrected chi connectivity index (χ4v) is 3.51. The van der Waals surface area contributed by atoms with Crippen molar-refractivity contribution < 1.29 is 4.79 Å². The second-order valence-electron chi connectivity index (χ2n) is 7.36. The van der Waals surface area contributed by atoms with Crippen molar-refractivity contribution in [3.8, 4) is 11.3 Å². The number of rotatable bonds is 7. The van der Waals surface area contributed by atoms with E-state index in [-0.39, 0.29) is 5.91 Å². The number of carbonyl (C=O) groups excluding carboxylic acids is 1. The van der Waals surface area contributed by atoms with E-state index in [1.54, 1.807) is 6.20 Å². The summed E-state index contributed by atoms with van der Waals surface area (Å²) >= 11 is 0. The van der Waals surface area contributed by atoms with E-state index < -0.39 is 0 Å². The van der Waals surface area contributed by atoms with Gasteiger partial charge in [-0.05, 0) is 52.0 Å². The number of aromatic amines is 1. The summed E-state index contributed by atoms with van der Waals surface area (Å²) in [7, 11) is 0. The monoisotopic (exact) mass is 364 g/mol. The second kappa shape index (κ2) is 8.35. The fraction of sp³-hybridized carbons (Fsp3) is 0.364. The molecule has 0 aliphatic heterocycles. The lowest BCUT2D eigenvalue weighted by atomic mass is 10.1. The number of nitrogens with one attached hydrogen (secondary N) is 2. The zero-order chi connectivity index (χ0) is 19.4. The van der Waals surface area contributed by atoms with E-state index in [1.165, 1.54) is 0 Å². The first-order valence-electron chi connectivity index (χ1n) is 9.54. The first-order valence-corrected chi connectivity index (χ1v) is 9.54. The number of carbonyl (C=O) groups is 1. The van der Waals surface area contributed by atoms with Gasteiger partial charge in [-0.2, -0.15) is 0 Å². The van der Waals surface area contributed by atoms with Gasteiger partial charge in [-0.3, -0.25) is 14.7 Å². The standard InChI is InChI=1S/C22H28N4O/c1-15(2)26(16(3)4)14-13-25-22(27)18-7-5-17(6-8-18)21-19-9-11-23-20(19)10-12-24-21/h5-12,15-16,23H,13-14H2,1-4H3,(H,25,27). The Balaban J connectivity index is 1.65. The zero-order valence-corrected chi connectivity index (χ0v) is 16.5. The molecule has 1 amide bonds. The van der Waals surface area contributed by atoms with Gasteiger partial charge in [0.25, 0.3) is 5.91 Å². The van der Waals surface area contributed by atoms with Gasteiger partial charge >= 0.3 is 0 Å². The van der Waals surface area contributed by atoms with E-state index in [9.17, 15) is 4.79 Å². The topological polar surface area (TPSA) is 61.0 Å². The van der Waals surface area contributed by atoms with E-state index in [2.05, 4.69) is 47.9 Å². The molecule has 2 heterocycles. The maximum absolute atomic E-state index is 12.4. The van der Waals surface area contributed by atoms with Crippen LogP contribution in [0.3, 0.4) is 0 Å². The number of benzene rings is 1.